The fraction of sp³-hybridized carbons (Fsp3) is 0.867. The van der Waals surface area contributed by atoms with Gasteiger partial charge in [0, 0.05) is 32.2 Å². The van der Waals surface area contributed by atoms with E-state index in [4.69, 9.17) is 5.73 Å². The fourth-order valence-corrected chi connectivity index (χ4v) is 2.73. The van der Waals surface area contributed by atoms with Crippen molar-refractivity contribution >= 4 is 35.8 Å². The number of hydrogen-bond acceptors (Lipinski definition) is 3. The molecule has 0 bridgehead atoms. The van der Waals surface area contributed by atoms with Gasteiger partial charge in [-0.15, -0.1) is 24.0 Å². The van der Waals surface area contributed by atoms with E-state index < -0.39 is 0 Å². The molecule has 0 aromatic rings. The van der Waals surface area contributed by atoms with Crippen molar-refractivity contribution in [1.29, 1.82) is 0 Å². The Hall–Kier alpha value is -0.570. The molecule has 1 amide bonds. The number of carbonyl (C=O) groups is 1. The SMILES string of the molecule is CCNC(=NCCC1CC1)NC1CCN(CC(N)=O)CC1.I. The van der Waals surface area contributed by atoms with Crippen molar-refractivity contribution in [3.8, 4) is 0 Å². The Morgan fingerprint density at radius 1 is 1.27 bits per heavy atom. The number of guanidine groups is 1. The van der Waals surface area contributed by atoms with Gasteiger partial charge in [0.25, 0.3) is 0 Å². The van der Waals surface area contributed by atoms with Crippen LogP contribution < -0.4 is 16.4 Å². The van der Waals surface area contributed by atoms with Crippen molar-refractivity contribution in [2.24, 2.45) is 16.6 Å². The predicted molar refractivity (Wildman–Crippen MR) is 101 cm³/mol. The average molecular weight is 423 g/mol. The molecule has 128 valence electrons. The summed E-state index contributed by atoms with van der Waals surface area (Å²) in [6.45, 7) is 6.11. The third-order valence-corrected chi connectivity index (χ3v) is 4.16. The zero-order chi connectivity index (χ0) is 15.1. The summed E-state index contributed by atoms with van der Waals surface area (Å²) in [5, 5.41) is 6.84. The standard InChI is InChI=1S/C15H29N5O.HI/c1-2-17-15(18-8-5-12-3-4-12)19-13-6-9-20(10-7-13)11-14(16)21;/h12-13H,2-11H2,1H3,(H2,16,21)(H2,17,18,19);1H. The summed E-state index contributed by atoms with van der Waals surface area (Å²) in [5.41, 5.74) is 5.24. The van der Waals surface area contributed by atoms with E-state index in [1.807, 2.05) is 0 Å². The molecule has 2 fully saturated rings. The molecule has 1 saturated heterocycles. The lowest BCUT2D eigenvalue weighted by Crippen LogP contribution is -2.49. The van der Waals surface area contributed by atoms with Gasteiger partial charge in [-0.3, -0.25) is 14.7 Å². The molecule has 1 aliphatic heterocycles. The first-order valence-electron chi connectivity index (χ1n) is 8.23. The molecule has 1 saturated carbocycles. The smallest absolute Gasteiger partial charge is 0.231 e. The van der Waals surface area contributed by atoms with Gasteiger partial charge in [0.15, 0.2) is 5.96 Å². The molecule has 2 aliphatic rings. The Bertz CT molecular complexity index is 365. The van der Waals surface area contributed by atoms with Crippen LogP contribution in [-0.4, -0.2) is 55.5 Å². The third kappa shape index (κ3) is 7.62. The summed E-state index contributed by atoms with van der Waals surface area (Å²) < 4.78 is 0. The van der Waals surface area contributed by atoms with E-state index in [0.29, 0.717) is 12.6 Å². The first-order valence-corrected chi connectivity index (χ1v) is 8.23. The monoisotopic (exact) mass is 423 g/mol. The van der Waals surface area contributed by atoms with Crippen LogP contribution in [0.15, 0.2) is 4.99 Å². The molecule has 0 unspecified atom stereocenters. The van der Waals surface area contributed by atoms with E-state index in [9.17, 15) is 4.79 Å². The number of likely N-dealkylation sites (tertiary alicyclic amines) is 1. The summed E-state index contributed by atoms with van der Waals surface area (Å²) in [7, 11) is 0. The number of halogens is 1. The Balaban J connectivity index is 0.00000242. The lowest BCUT2D eigenvalue weighted by atomic mass is 10.1. The zero-order valence-electron chi connectivity index (χ0n) is 13.5. The molecule has 0 aromatic heterocycles. The van der Waals surface area contributed by atoms with Crippen LogP contribution >= 0.6 is 24.0 Å². The number of nitrogens with two attached hydrogens (primary N) is 1. The van der Waals surface area contributed by atoms with Crippen LogP contribution in [0.2, 0.25) is 0 Å². The number of rotatable bonds is 7. The van der Waals surface area contributed by atoms with E-state index in [0.717, 1.165) is 50.9 Å². The Kier molecular flexibility index (Phi) is 9.08. The Labute approximate surface area is 150 Å². The zero-order valence-corrected chi connectivity index (χ0v) is 15.8. The molecular weight excluding hydrogens is 393 g/mol. The molecule has 0 radical (unpaired) electrons. The maximum absolute atomic E-state index is 10.9. The highest BCUT2D eigenvalue weighted by Gasteiger charge is 2.22. The van der Waals surface area contributed by atoms with Crippen molar-refractivity contribution in [3.05, 3.63) is 0 Å². The summed E-state index contributed by atoms with van der Waals surface area (Å²) in [6, 6.07) is 0.438. The van der Waals surface area contributed by atoms with Gasteiger partial charge < -0.3 is 16.4 Å². The topological polar surface area (TPSA) is 82.8 Å². The molecule has 1 heterocycles. The van der Waals surface area contributed by atoms with Crippen molar-refractivity contribution in [2.45, 2.75) is 45.1 Å². The number of amides is 1. The van der Waals surface area contributed by atoms with Gasteiger partial charge in [-0.25, -0.2) is 0 Å². The molecule has 7 heteroatoms. The van der Waals surface area contributed by atoms with E-state index in [-0.39, 0.29) is 29.9 Å². The molecule has 0 atom stereocenters. The minimum atomic E-state index is -0.239. The average Bonchev–Trinajstić information content (AvgIpc) is 3.25. The predicted octanol–water partition coefficient (Wildman–Crippen LogP) is 0.909. The Morgan fingerprint density at radius 3 is 2.50 bits per heavy atom. The van der Waals surface area contributed by atoms with Crippen molar-refractivity contribution in [2.75, 3.05) is 32.7 Å². The highest BCUT2D eigenvalue weighted by molar-refractivity contribution is 14.0. The van der Waals surface area contributed by atoms with Gasteiger partial charge in [-0.1, -0.05) is 12.8 Å². The molecular formula is C15H30IN5O. The molecule has 22 heavy (non-hydrogen) atoms. The van der Waals surface area contributed by atoms with Gasteiger partial charge in [-0.2, -0.15) is 0 Å². The lowest BCUT2D eigenvalue weighted by molar-refractivity contribution is -0.119. The highest BCUT2D eigenvalue weighted by atomic mass is 127. The van der Waals surface area contributed by atoms with E-state index in [1.54, 1.807) is 0 Å². The van der Waals surface area contributed by atoms with Crippen LogP contribution in [-0.2, 0) is 4.79 Å². The number of primary amides is 1. The molecule has 6 nitrogen and oxygen atoms in total. The van der Waals surface area contributed by atoms with Crippen LogP contribution in [0, 0.1) is 5.92 Å². The summed E-state index contributed by atoms with van der Waals surface area (Å²) in [5.74, 6) is 1.62. The van der Waals surface area contributed by atoms with Crippen molar-refractivity contribution in [1.82, 2.24) is 15.5 Å². The summed E-state index contributed by atoms with van der Waals surface area (Å²) >= 11 is 0. The number of nitrogens with zero attached hydrogens (tertiary/aromatic N) is 2. The summed E-state index contributed by atoms with van der Waals surface area (Å²) in [6.07, 6.45) is 6.05. The number of hydrogen-bond donors (Lipinski definition) is 3. The van der Waals surface area contributed by atoms with E-state index in [1.165, 1.54) is 19.3 Å². The van der Waals surface area contributed by atoms with E-state index >= 15 is 0 Å². The molecule has 4 N–H and O–H groups in total. The first kappa shape index (κ1) is 19.5. The second-order valence-electron chi connectivity index (χ2n) is 6.15. The van der Waals surface area contributed by atoms with Gasteiger partial charge >= 0.3 is 0 Å². The Morgan fingerprint density at radius 2 is 1.95 bits per heavy atom. The normalized spacial score (nSPS) is 20.3. The summed E-state index contributed by atoms with van der Waals surface area (Å²) in [4.78, 5) is 17.7. The lowest BCUT2D eigenvalue weighted by Gasteiger charge is -2.32. The second kappa shape index (κ2) is 10.3. The maximum Gasteiger partial charge on any atom is 0.231 e. The molecule has 0 aromatic carbocycles. The van der Waals surface area contributed by atoms with Gasteiger partial charge in [0.05, 0.1) is 6.54 Å². The minimum Gasteiger partial charge on any atom is -0.369 e. The minimum absolute atomic E-state index is 0. The van der Waals surface area contributed by atoms with Crippen LogP contribution in [0.3, 0.4) is 0 Å². The van der Waals surface area contributed by atoms with Gasteiger partial charge in [0.1, 0.15) is 0 Å². The first-order chi connectivity index (χ1) is 10.2. The number of carbonyl (C=O) groups excluding carboxylic acids is 1. The molecule has 1 aliphatic carbocycles. The highest BCUT2D eigenvalue weighted by Crippen LogP contribution is 2.32. The van der Waals surface area contributed by atoms with E-state index in [2.05, 4.69) is 27.4 Å². The third-order valence-electron chi connectivity index (χ3n) is 4.16. The van der Waals surface area contributed by atoms with Crippen molar-refractivity contribution < 1.29 is 4.79 Å². The number of aliphatic imine (C=N–C) groups is 1. The van der Waals surface area contributed by atoms with Gasteiger partial charge in [-0.05, 0) is 32.1 Å². The van der Waals surface area contributed by atoms with Crippen LogP contribution in [0.1, 0.15) is 39.0 Å². The van der Waals surface area contributed by atoms with Crippen molar-refractivity contribution in [3.63, 3.8) is 0 Å². The molecule has 2 rings (SSSR count). The number of piperidine rings is 1. The van der Waals surface area contributed by atoms with Crippen LogP contribution in [0.25, 0.3) is 0 Å². The fourth-order valence-electron chi connectivity index (χ4n) is 2.73. The largest absolute Gasteiger partial charge is 0.369 e. The maximum atomic E-state index is 10.9. The molecule has 0 spiro atoms. The van der Waals surface area contributed by atoms with Gasteiger partial charge in [0.2, 0.25) is 5.91 Å². The quantitative estimate of drug-likeness (QED) is 0.323. The number of nitrogens with one attached hydrogen (secondary N) is 2. The van der Waals surface area contributed by atoms with Crippen LogP contribution in [0.4, 0.5) is 0 Å². The second-order valence-corrected chi connectivity index (χ2v) is 6.15. The van der Waals surface area contributed by atoms with Crippen LogP contribution in [0.5, 0.6) is 0 Å².